The van der Waals surface area contributed by atoms with E-state index in [2.05, 4.69) is 38.2 Å². The molecule has 8 heteroatoms. The van der Waals surface area contributed by atoms with E-state index in [0.717, 1.165) is 43.2 Å². The monoisotopic (exact) mass is 345 g/mol. The highest BCUT2D eigenvalue weighted by Crippen LogP contribution is 2.29. The smallest absolute Gasteiger partial charge is 0.318 e. The molecule has 7 nitrogen and oxygen atoms in total. The van der Waals surface area contributed by atoms with Crippen LogP contribution < -0.4 is 9.80 Å². The molecule has 2 aromatic heterocycles. The number of hydrogen-bond donors (Lipinski definition) is 0. The molecular weight excluding hydrogens is 326 g/mol. The summed E-state index contributed by atoms with van der Waals surface area (Å²) in [5, 5.41) is 9.23. The van der Waals surface area contributed by atoms with E-state index in [4.69, 9.17) is 14.1 Å². The number of thiazole rings is 1. The summed E-state index contributed by atoms with van der Waals surface area (Å²) in [7, 11) is 1.62. The molecule has 0 spiro atoms. The number of ether oxygens (including phenoxy) is 1. The molecule has 0 amide bonds. The third-order valence-corrected chi connectivity index (χ3v) is 5.14. The van der Waals surface area contributed by atoms with Gasteiger partial charge in [-0.3, -0.25) is 0 Å². The fourth-order valence-electron chi connectivity index (χ4n) is 2.85. The third-order valence-electron chi connectivity index (χ3n) is 4.04. The van der Waals surface area contributed by atoms with Crippen molar-refractivity contribution in [2.24, 2.45) is 0 Å². The minimum atomic E-state index is 0.346. The summed E-state index contributed by atoms with van der Waals surface area (Å²) in [5.41, 5.74) is 1.07. The topological polar surface area (TPSA) is 67.5 Å². The molecule has 3 heterocycles. The van der Waals surface area contributed by atoms with Crippen molar-refractivity contribution >= 4 is 32.7 Å². The van der Waals surface area contributed by atoms with Gasteiger partial charge in [0.1, 0.15) is 6.61 Å². The first-order chi connectivity index (χ1) is 11.8. The molecule has 0 atom stereocenters. The number of nitrogens with zero attached hydrogens (tertiary/aromatic N) is 5. The van der Waals surface area contributed by atoms with Gasteiger partial charge < -0.3 is 19.0 Å². The van der Waals surface area contributed by atoms with E-state index in [-0.39, 0.29) is 0 Å². The zero-order valence-electron chi connectivity index (χ0n) is 13.5. The van der Waals surface area contributed by atoms with Crippen molar-refractivity contribution < 1.29 is 9.15 Å². The maximum absolute atomic E-state index is 5.66. The van der Waals surface area contributed by atoms with Crippen molar-refractivity contribution in [3.63, 3.8) is 0 Å². The van der Waals surface area contributed by atoms with Gasteiger partial charge in [0, 0.05) is 33.3 Å². The maximum atomic E-state index is 5.66. The molecule has 1 aliphatic heterocycles. The summed E-state index contributed by atoms with van der Waals surface area (Å²) >= 11 is 1.75. The Morgan fingerprint density at radius 1 is 1.12 bits per heavy atom. The van der Waals surface area contributed by atoms with Crippen molar-refractivity contribution in [1.82, 2.24) is 15.2 Å². The van der Waals surface area contributed by atoms with E-state index < -0.39 is 0 Å². The first-order valence-electron chi connectivity index (χ1n) is 8.00. The summed E-state index contributed by atoms with van der Waals surface area (Å²) in [5.74, 6) is 0.514. The van der Waals surface area contributed by atoms with Crippen molar-refractivity contribution in [1.29, 1.82) is 0 Å². The Balaban J connectivity index is 1.47. The van der Waals surface area contributed by atoms with Crippen molar-refractivity contribution in [2.45, 2.75) is 13.0 Å². The second-order valence-corrected chi connectivity index (χ2v) is 6.71. The molecule has 0 bridgehead atoms. The number of aromatic nitrogens is 3. The zero-order valence-corrected chi connectivity index (χ0v) is 14.3. The highest BCUT2D eigenvalue weighted by Gasteiger charge is 2.21. The third kappa shape index (κ3) is 3.07. The average molecular weight is 345 g/mol. The van der Waals surface area contributed by atoms with Crippen LogP contribution >= 0.6 is 11.3 Å². The van der Waals surface area contributed by atoms with Crippen LogP contribution in [0.15, 0.2) is 28.7 Å². The number of para-hydroxylation sites is 1. The van der Waals surface area contributed by atoms with Gasteiger partial charge in [-0.25, -0.2) is 4.98 Å². The lowest BCUT2D eigenvalue weighted by Crippen LogP contribution is -2.30. The minimum absolute atomic E-state index is 0.346. The molecule has 0 aliphatic carbocycles. The van der Waals surface area contributed by atoms with E-state index in [9.17, 15) is 0 Å². The van der Waals surface area contributed by atoms with Gasteiger partial charge in [-0.2, -0.15) is 0 Å². The van der Waals surface area contributed by atoms with Crippen LogP contribution in [0.25, 0.3) is 10.2 Å². The summed E-state index contributed by atoms with van der Waals surface area (Å²) in [6.07, 6.45) is 1.03. The lowest BCUT2D eigenvalue weighted by atomic mass is 10.3. The normalized spacial score (nSPS) is 15.9. The molecule has 0 unspecified atom stereocenters. The van der Waals surface area contributed by atoms with Crippen LogP contribution in [0, 0.1) is 0 Å². The zero-order chi connectivity index (χ0) is 16.4. The Hall–Kier alpha value is -2.19. The van der Waals surface area contributed by atoms with Gasteiger partial charge in [0.25, 0.3) is 0 Å². The molecule has 1 aromatic carbocycles. The quantitative estimate of drug-likeness (QED) is 0.720. The first-order valence-corrected chi connectivity index (χ1v) is 8.82. The lowest BCUT2D eigenvalue weighted by Gasteiger charge is -2.19. The summed E-state index contributed by atoms with van der Waals surface area (Å²) in [6, 6.07) is 8.85. The Bertz CT molecular complexity index is 785. The van der Waals surface area contributed by atoms with Gasteiger partial charge in [-0.15, -0.1) is 5.10 Å². The molecule has 0 N–H and O–H groups in total. The molecule has 126 valence electrons. The lowest BCUT2D eigenvalue weighted by molar-refractivity contribution is 0.160. The second kappa shape index (κ2) is 6.74. The van der Waals surface area contributed by atoms with Crippen LogP contribution in [-0.4, -0.2) is 48.5 Å². The summed E-state index contributed by atoms with van der Waals surface area (Å²) < 4.78 is 11.9. The van der Waals surface area contributed by atoms with E-state index >= 15 is 0 Å². The molecule has 1 aliphatic rings. The van der Waals surface area contributed by atoms with Crippen LogP contribution in [0.2, 0.25) is 0 Å². The molecule has 24 heavy (non-hydrogen) atoms. The van der Waals surface area contributed by atoms with E-state index in [1.54, 1.807) is 18.4 Å². The maximum Gasteiger partial charge on any atom is 0.318 e. The molecule has 0 radical (unpaired) electrons. The summed E-state index contributed by atoms with van der Waals surface area (Å²) in [4.78, 5) is 9.25. The van der Waals surface area contributed by atoms with Gasteiger partial charge in [0.15, 0.2) is 5.13 Å². The number of benzene rings is 1. The van der Waals surface area contributed by atoms with Crippen molar-refractivity contribution in [2.75, 3.05) is 43.1 Å². The highest BCUT2D eigenvalue weighted by atomic mass is 32.1. The molecule has 4 rings (SSSR count). The Morgan fingerprint density at radius 2 is 1.96 bits per heavy atom. The average Bonchev–Trinajstić information content (AvgIpc) is 3.16. The number of hydrogen-bond acceptors (Lipinski definition) is 8. The van der Waals surface area contributed by atoms with E-state index in [0.29, 0.717) is 18.5 Å². The summed E-state index contributed by atoms with van der Waals surface area (Å²) in [6.45, 7) is 3.95. The molecule has 3 aromatic rings. The number of fused-ring (bicyclic) bond motifs is 1. The van der Waals surface area contributed by atoms with E-state index in [1.807, 2.05) is 6.07 Å². The fourth-order valence-corrected chi connectivity index (χ4v) is 3.87. The number of anilines is 2. The van der Waals surface area contributed by atoms with Gasteiger partial charge in [-0.1, -0.05) is 28.6 Å². The molecule has 1 fully saturated rings. The predicted molar refractivity (Wildman–Crippen MR) is 93.7 cm³/mol. The Morgan fingerprint density at radius 3 is 2.83 bits per heavy atom. The van der Waals surface area contributed by atoms with Crippen LogP contribution in [0.1, 0.15) is 12.3 Å². The minimum Gasteiger partial charge on any atom is -0.405 e. The molecule has 1 saturated heterocycles. The van der Waals surface area contributed by atoms with Crippen LogP contribution in [0.4, 0.5) is 11.1 Å². The van der Waals surface area contributed by atoms with Gasteiger partial charge in [0.05, 0.1) is 10.2 Å². The number of rotatable bonds is 4. The van der Waals surface area contributed by atoms with Gasteiger partial charge in [0.2, 0.25) is 5.89 Å². The number of methoxy groups -OCH3 is 1. The van der Waals surface area contributed by atoms with Crippen molar-refractivity contribution in [3.8, 4) is 0 Å². The molecular formula is C16H19N5O2S. The predicted octanol–water partition coefficient (Wildman–Crippen LogP) is 2.54. The van der Waals surface area contributed by atoms with Crippen LogP contribution in [-0.2, 0) is 11.3 Å². The van der Waals surface area contributed by atoms with Crippen molar-refractivity contribution in [3.05, 3.63) is 30.2 Å². The van der Waals surface area contributed by atoms with Gasteiger partial charge >= 0.3 is 6.01 Å². The van der Waals surface area contributed by atoms with Crippen LogP contribution in [0.5, 0.6) is 0 Å². The largest absolute Gasteiger partial charge is 0.405 e. The molecule has 0 saturated carbocycles. The highest BCUT2D eigenvalue weighted by molar-refractivity contribution is 7.22. The van der Waals surface area contributed by atoms with Gasteiger partial charge in [-0.05, 0) is 18.6 Å². The Kier molecular flexibility index (Phi) is 4.31. The fraction of sp³-hybridized carbons (Fsp3) is 0.438. The first kappa shape index (κ1) is 15.3. The van der Waals surface area contributed by atoms with E-state index in [1.165, 1.54) is 4.70 Å². The van der Waals surface area contributed by atoms with Crippen LogP contribution in [0.3, 0.4) is 0 Å². The second-order valence-electron chi connectivity index (χ2n) is 5.70. The standard InChI is InChI=1S/C16H19N5O2S/c1-22-11-14-18-19-15(23-14)20-7-4-8-21(10-9-20)16-17-12-5-2-3-6-13(12)24-16/h2-3,5-6H,4,7-11H2,1H3. The SMILES string of the molecule is COCc1nnc(N2CCCN(c3nc4ccccc4s3)CC2)o1. The Labute approximate surface area is 143 Å².